The molecule has 4 nitrogen and oxygen atoms in total. The number of anilines is 1. The van der Waals surface area contributed by atoms with Gasteiger partial charge in [-0.05, 0) is 0 Å². The average Bonchev–Trinajstić information content (AvgIpc) is 2.15. The fourth-order valence-electron chi connectivity index (χ4n) is 1.09. The molecule has 0 aliphatic heterocycles. The highest BCUT2D eigenvalue weighted by Gasteiger charge is 2.33. The lowest BCUT2D eigenvalue weighted by Crippen LogP contribution is -2.20. The Kier molecular flexibility index (Phi) is 3.71. The molecule has 0 aliphatic rings. The van der Waals surface area contributed by atoms with Crippen LogP contribution in [0.25, 0.3) is 0 Å². The summed E-state index contributed by atoms with van der Waals surface area (Å²) in [6, 6.07) is 0. The second kappa shape index (κ2) is 4.70. The number of hydrogen-bond acceptors (Lipinski definition) is 4. The monoisotopic (exact) mass is 258 g/mol. The molecule has 0 saturated carbocycles. The number of nitrogen functional groups attached to an aromatic ring is 1. The summed E-state index contributed by atoms with van der Waals surface area (Å²) in [4.78, 5) is 3.05. The van der Waals surface area contributed by atoms with E-state index in [-0.39, 0.29) is 0 Å². The van der Waals surface area contributed by atoms with Crippen LogP contribution in [0.3, 0.4) is 0 Å². The van der Waals surface area contributed by atoms with Gasteiger partial charge < -0.3 is 15.6 Å². The smallest absolute Gasteiger partial charge is 0.398 e. The molecule has 1 aromatic rings. The first-order chi connectivity index (χ1) is 7.76. The van der Waals surface area contributed by atoms with E-state index in [4.69, 9.17) is 10.8 Å². The van der Waals surface area contributed by atoms with Gasteiger partial charge in [0.05, 0.1) is 23.4 Å². The van der Waals surface area contributed by atoms with Crippen LogP contribution in [0.1, 0.15) is 17.6 Å². The van der Waals surface area contributed by atoms with Gasteiger partial charge in [0.25, 0.3) is 6.43 Å². The number of halogens is 5. The minimum absolute atomic E-state index is 0.472. The van der Waals surface area contributed by atoms with Gasteiger partial charge in [0.2, 0.25) is 5.88 Å². The van der Waals surface area contributed by atoms with Crippen molar-refractivity contribution < 1.29 is 31.8 Å². The van der Waals surface area contributed by atoms with Gasteiger partial charge in [-0.2, -0.15) is 0 Å². The van der Waals surface area contributed by atoms with Gasteiger partial charge in [-0.15, -0.1) is 13.2 Å². The van der Waals surface area contributed by atoms with Crippen LogP contribution < -0.4 is 10.5 Å². The van der Waals surface area contributed by atoms with E-state index in [2.05, 4.69) is 9.72 Å². The van der Waals surface area contributed by atoms with E-state index in [0.29, 0.717) is 6.20 Å². The number of rotatable bonds is 3. The molecular weight excluding hydrogens is 251 g/mol. The Labute approximate surface area is 91.8 Å². The van der Waals surface area contributed by atoms with Gasteiger partial charge in [0, 0.05) is 6.20 Å². The number of nitrogens with zero attached hydrogens (tertiary/aromatic N) is 1. The van der Waals surface area contributed by atoms with E-state index in [0.717, 1.165) is 0 Å². The zero-order valence-corrected chi connectivity index (χ0v) is 8.13. The van der Waals surface area contributed by atoms with Crippen LogP contribution in [-0.2, 0) is 6.61 Å². The topological polar surface area (TPSA) is 68.4 Å². The van der Waals surface area contributed by atoms with Crippen molar-refractivity contribution in [3.05, 3.63) is 17.3 Å². The minimum atomic E-state index is -5.05. The second-order valence-corrected chi connectivity index (χ2v) is 2.92. The quantitative estimate of drug-likeness (QED) is 0.813. The summed E-state index contributed by atoms with van der Waals surface area (Å²) in [5, 5.41) is 8.79. The predicted molar refractivity (Wildman–Crippen MR) is 46.2 cm³/mol. The van der Waals surface area contributed by atoms with Crippen molar-refractivity contribution in [3.63, 3.8) is 0 Å². The first kappa shape index (κ1) is 13.4. The SMILES string of the molecule is Nc1c(C(F)F)cnc(OC(F)(F)F)c1CO. The zero-order chi connectivity index (χ0) is 13.2. The van der Waals surface area contributed by atoms with E-state index < -0.39 is 42.1 Å². The fraction of sp³-hybridized carbons (Fsp3) is 0.375. The minimum Gasteiger partial charge on any atom is -0.398 e. The Morgan fingerprint density at radius 1 is 1.41 bits per heavy atom. The molecule has 0 radical (unpaired) electrons. The van der Waals surface area contributed by atoms with E-state index >= 15 is 0 Å². The third-order valence-electron chi connectivity index (χ3n) is 1.82. The summed E-state index contributed by atoms with van der Waals surface area (Å²) in [6.45, 7) is -0.995. The summed E-state index contributed by atoms with van der Waals surface area (Å²) in [5.41, 5.74) is 3.13. The molecule has 9 heteroatoms. The molecule has 0 bridgehead atoms. The maximum absolute atomic E-state index is 12.3. The molecular formula is C8H7F5N2O2. The fourth-order valence-corrected chi connectivity index (χ4v) is 1.09. The molecule has 3 N–H and O–H groups in total. The Morgan fingerprint density at radius 2 is 2.00 bits per heavy atom. The van der Waals surface area contributed by atoms with E-state index in [9.17, 15) is 22.0 Å². The van der Waals surface area contributed by atoms with Gasteiger partial charge in [0.15, 0.2) is 0 Å². The molecule has 0 fully saturated rings. The highest BCUT2D eigenvalue weighted by molar-refractivity contribution is 5.57. The second-order valence-electron chi connectivity index (χ2n) is 2.92. The summed E-state index contributed by atoms with van der Waals surface area (Å²) in [5.74, 6) is -1.04. The van der Waals surface area contributed by atoms with Crippen molar-refractivity contribution >= 4 is 5.69 Å². The van der Waals surface area contributed by atoms with Gasteiger partial charge in [-0.25, -0.2) is 13.8 Å². The van der Waals surface area contributed by atoms with Crippen LogP contribution in [0.5, 0.6) is 5.88 Å². The molecule has 1 rings (SSSR count). The molecule has 0 aliphatic carbocycles. The van der Waals surface area contributed by atoms with Gasteiger partial charge in [-0.3, -0.25) is 0 Å². The first-order valence-corrected chi connectivity index (χ1v) is 4.18. The molecule has 0 spiro atoms. The van der Waals surface area contributed by atoms with Crippen molar-refractivity contribution in [2.75, 3.05) is 5.73 Å². The van der Waals surface area contributed by atoms with Gasteiger partial charge in [0.1, 0.15) is 0 Å². The van der Waals surface area contributed by atoms with Crippen LogP contribution in [0, 0.1) is 0 Å². The van der Waals surface area contributed by atoms with Crippen LogP contribution >= 0.6 is 0 Å². The lowest BCUT2D eigenvalue weighted by molar-refractivity contribution is -0.276. The number of pyridine rings is 1. The Hall–Kier alpha value is -1.64. The maximum Gasteiger partial charge on any atom is 0.574 e. The van der Waals surface area contributed by atoms with E-state index in [1.807, 2.05) is 0 Å². The molecule has 0 atom stereocenters. The third kappa shape index (κ3) is 3.16. The summed E-state index contributed by atoms with van der Waals surface area (Å²) < 4.78 is 63.9. The summed E-state index contributed by atoms with van der Waals surface area (Å²) >= 11 is 0. The molecule has 1 aromatic heterocycles. The van der Waals surface area contributed by atoms with E-state index in [1.165, 1.54) is 0 Å². The molecule has 96 valence electrons. The van der Waals surface area contributed by atoms with Crippen molar-refractivity contribution in [2.45, 2.75) is 19.4 Å². The first-order valence-electron chi connectivity index (χ1n) is 4.18. The summed E-state index contributed by atoms with van der Waals surface area (Å²) in [7, 11) is 0. The van der Waals surface area contributed by atoms with Crippen LogP contribution in [0.15, 0.2) is 6.20 Å². The molecule has 0 unspecified atom stereocenters. The van der Waals surface area contributed by atoms with Crippen LogP contribution in [0.4, 0.5) is 27.6 Å². The molecule has 0 amide bonds. The van der Waals surface area contributed by atoms with Gasteiger partial charge in [-0.1, -0.05) is 0 Å². The number of nitrogens with two attached hydrogens (primary N) is 1. The Bertz CT molecular complexity index is 408. The number of aromatic nitrogens is 1. The zero-order valence-electron chi connectivity index (χ0n) is 8.13. The van der Waals surface area contributed by atoms with Gasteiger partial charge >= 0.3 is 6.36 Å². The predicted octanol–water partition coefficient (Wildman–Crippen LogP) is 1.99. The third-order valence-corrected chi connectivity index (χ3v) is 1.82. The number of ether oxygens (including phenoxy) is 1. The Morgan fingerprint density at radius 3 is 2.41 bits per heavy atom. The molecule has 0 saturated heterocycles. The number of alkyl halides is 5. The van der Waals surface area contributed by atoms with Crippen molar-refractivity contribution in [1.29, 1.82) is 0 Å². The molecule has 17 heavy (non-hydrogen) atoms. The van der Waals surface area contributed by atoms with Crippen LogP contribution in [0.2, 0.25) is 0 Å². The standard InChI is InChI=1S/C8H7F5N2O2/c9-6(10)3-1-15-7(17-8(11,12)13)4(2-16)5(3)14/h1,6,16H,2H2,(H2,14,15). The highest BCUT2D eigenvalue weighted by atomic mass is 19.4. The molecule has 0 aromatic carbocycles. The lowest BCUT2D eigenvalue weighted by atomic mass is 10.1. The normalized spacial score (nSPS) is 11.9. The number of aliphatic hydroxyl groups excluding tert-OH is 1. The van der Waals surface area contributed by atoms with Crippen LogP contribution in [-0.4, -0.2) is 16.5 Å². The van der Waals surface area contributed by atoms with Crippen molar-refractivity contribution in [1.82, 2.24) is 4.98 Å². The average molecular weight is 258 g/mol. The van der Waals surface area contributed by atoms with Crippen molar-refractivity contribution in [3.8, 4) is 5.88 Å². The van der Waals surface area contributed by atoms with Crippen molar-refractivity contribution in [2.24, 2.45) is 0 Å². The number of hydrogen-bond donors (Lipinski definition) is 2. The maximum atomic E-state index is 12.3. The summed E-state index contributed by atoms with van der Waals surface area (Å²) in [6.07, 6.45) is -7.58. The number of aliphatic hydroxyl groups is 1. The molecule has 1 heterocycles. The lowest BCUT2D eigenvalue weighted by Gasteiger charge is -2.14. The Balaban J connectivity index is 3.21. The van der Waals surface area contributed by atoms with E-state index in [1.54, 1.807) is 0 Å². The highest BCUT2D eigenvalue weighted by Crippen LogP contribution is 2.33. The largest absolute Gasteiger partial charge is 0.574 e.